The first-order chi connectivity index (χ1) is 12.7. The third-order valence-corrected chi connectivity index (χ3v) is 5.87. The summed E-state index contributed by atoms with van der Waals surface area (Å²) in [5.74, 6) is -1.67. The van der Waals surface area contributed by atoms with Crippen molar-refractivity contribution in [2.75, 3.05) is 20.2 Å². The zero-order valence-electron chi connectivity index (χ0n) is 17.1. The molecule has 0 N–H and O–H groups in total. The molecule has 0 bridgehead atoms. The first-order valence-electron chi connectivity index (χ1n) is 10.2. The van der Waals surface area contributed by atoms with E-state index in [1.165, 1.54) is 0 Å². The normalized spacial score (nSPS) is 12.3. The third kappa shape index (κ3) is 9.83. The van der Waals surface area contributed by atoms with E-state index >= 15 is 0 Å². The molecule has 162 valence electrons. The van der Waals surface area contributed by atoms with Gasteiger partial charge in [-0.15, -0.1) is 0 Å². The minimum Gasteiger partial charge on any atom is -0.336 e. The van der Waals surface area contributed by atoms with Crippen LogP contribution in [0.3, 0.4) is 0 Å². The van der Waals surface area contributed by atoms with Crippen molar-refractivity contribution in [3.8, 4) is 0 Å². The van der Waals surface area contributed by atoms with E-state index in [1.807, 2.05) is 0 Å². The highest BCUT2D eigenvalue weighted by atomic mass is 32.2. The van der Waals surface area contributed by atoms with E-state index in [4.69, 9.17) is 0 Å². The lowest BCUT2D eigenvalue weighted by Crippen LogP contribution is -2.49. The zero-order valence-corrected chi connectivity index (χ0v) is 18.0. The molecular weight excluding hydrogens is 376 g/mol. The molecule has 0 aliphatic rings. The Labute approximate surface area is 164 Å². The lowest BCUT2D eigenvalue weighted by Gasteiger charge is -2.26. The first kappa shape index (κ1) is 26.2. The Morgan fingerprint density at radius 2 is 1.19 bits per heavy atom. The van der Waals surface area contributed by atoms with Gasteiger partial charge in [0.05, 0.1) is 7.11 Å². The predicted octanol–water partition coefficient (Wildman–Crippen LogP) is 5.11. The van der Waals surface area contributed by atoms with Gasteiger partial charge in [-0.3, -0.25) is 8.98 Å². The van der Waals surface area contributed by atoms with Crippen LogP contribution in [0, 0.1) is 0 Å². The second kappa shape index (κ2) is 14.3. The summed E-state index contributed by atoms with van der Waals surface area (Å²) in [6.07, 6.45) is 11.5. The molecule has 0 aromatic rings. The maximum Gasteiger partial charge on any atom is 0.447 e. The minimum absolute atomic E-state index is 0.148. The molecule has 0 atom stereocenters. The first-order valence-corrected chi connectivity index (χ1v) is 11.6. The molecule has 0 spiro atoms. The van der Waals surface area contributed by atoms with Gasteiger partial charge in [0.15, 0.2) is 0 Å². The molecule has 0 saturated heterocycles. The van der Waals surface area contributed by atoms with Gasteiger partial charge in [0.25, 0.3) is 0 Å². The second-order valence-electron chi connectivity index (χ2n) is 6.97. The summed E-state index contributed by atoms with van der Waals surface area (Å²) in [5.41, 5.74) is 0. The van der Waals surface area contributed by atoms with Crippen molar-refractivity contribution in [1.29, 1.82) is 0 Å². The van der Waals surface area contributed by atoms with Gasteiger partial charge in [0, 0.05) is 13.1 Å². The number of hydrogen-bond acceptors (Lipinski definition) is 4. The number of carbonyl (C=O) groups is 1. The fourth-order valence-electron chi connectivity index (χ4n) is 2.88. The van der Waals surface area contributed by atoms with Crippen molar-refractivity contribution in [3.05, 3.63) is 0 Å². The van der Waals surface area contributed by atoms with Crippen molar-refractivity contribution < 1.29 is 26.2 Å². The number of carbonyl (C=O) groups excluding carboxylic acids is 1. The lowest BCUT2D eigenvalue weighted by molar-refractivity contribution is -0.147. The summed E-state index contributed by atoms with van der Waals surface area (Å²) < 4.78 is 55.0. The molecule has 0 aliphatic carbocycles. The van der Waals surface area contributed by atoms with Crippen LogP contribution in [0.4, 0.5) is 8.78 Å². The number of nitrogens with zero attached hydrogens (tertiary/aromatic N) is 1. The van der Waals surface area contributed by atoms with E-state index in [2.05, 4.69) is 18.0 Å². The predicted molar refractivity (Wildman–Crippen MR) is 104 cm³/mol. The molecule has 1 amide bonds. The van der Waals surface area contributed by atoms with E-state index in [1.54, 1.807) is 0 Å². The highest BCUT2D eigenvalue weighted by molar-refractivity contribution is 7.88. The van der Waals surface area contributed by atoms with Crippen molar-refractivity contribution in [2.24, 2.45) is 0 Å². The van der Waals surface area contributed by atoms with Crippen LogP contribution in [0.1, 0.15) is 90.9 Å². The summed E-state index contributed by atoms with van der Waals surface area (Å²) in [6.45, 7) is 4.52. The largest absolute Gasteiger partial charge is 0.447 e. The Morgan fingerprint density at radius 1 is 0.815 bits per heavy atom. The van der Waals surface area contributed by atoms with Crippen LogP contribution in [-0.4, -0.2) is 44.7 Å². The SMILES string of the molecule is CCCCCCCCN(CCCCCCCC)C(=O)C(F)(F)S(=O)(=O)OC. The number of amides is 1. The molecule has 0 unspecified atom stereocenters. The van der Waals surface area contributed by atoms with Crippen LogP contribution in [0.5, 0.6) is 0 Å². The van der Waals surface area contributed by atoms with Gasteiger partial charge in [-0.05, 0) is 12.8 Å². The molecule has 8 heteroatoms. The molecule has 0 rings (SSSR count). The number of hydrogen-bond donors (Lipinski definition) is 0. The molecule has 0 aliphatic heterocycles. The number of rotatable bonds is 17. The highest BCUT2D eigenvalue weighted by Gasteiger charge is 2.55. The Bertz CT molecular complexity index is 482. The van der Waals surface area contributed by atoms with Gasteiger partial charge in [0.1, 0.15) is 0 Å². The van der Waals surface area contributed by atoms with Crippen LogP contribution < -0.4 is 0 Å². The number of alkyl halides is 2. The molecule has 5 nitrogen and oxygen atoms in total. The average molecular weight is 414 g/mol. The summed E-state index contributed by atoms with van der Waals surface area (Å²) >= 11 is 0. The Hall–Kier alpha value is -0.760. The summed E-state index contributed by atoms with van der Waals surface area (Å²) in [5, 5.41) is -4.55. The summed E-state index contributed by atoms with van der Waals surface area (Å²) in [4.78, 5) is 13.2. The van der Waals surface area contributed by atoms with E-state index in [-0.39, 0.29) is 13.1 Å². The molecule has 27 heavy (non-hydrogen) atoms. The smallest absolute Gasteiger partial charge is 0.336 e. The van der Waals surface area contributed by atoms with Crippen LogP contribution >= 0.6 is 0 Å². The molecular formula is C19H37F2NO4S. The molecule has 0 heterocycles. The lowest BCUT2D eigenvalue weighted by atomic mass is 10.1. The van der Waals surface area contributed by atoms with Gasteiger partial charge in [-0.1, -0.05) is 78.1 Å². The minimum atomic E-state index is -5.25. The van der Waals surface area contributed by atoms with E-state index in [0.29, 0.717) is 20.0 Å². The van der Waals surface area contributed by atoms with Crippen molar-refractivity contribution in [3.63, 3.8) is 0 Å². The van der Waals surface area contributed by atoms with E-state index in [9.17, 15) is 22.0 Å². The van der Waals surface area contributed by atoms with E-state index < -0.39 is 21.3 Å². The summed E-state index contributed by atoms with van der Waals surface area (Å²) in [6, 6.07) is 0. The highest BCUT2D eigenvalue weighted by Crippen LogP contribution is 2.26. The number of halogens is 2. The van der Waals surface area contributed by atoms with Crippen molar-refractivity contribution in [2.45, 2.75) is 96.2 Å². The molecule has 0 radical (unpaired) electrons. The van der Waals surface area contributed by atoms with Crippen LogP contribution in [-0.2, 0) is 19.1 Å². The monoisotopic (exact) mass is 413 g/mol. The Kier molecular flexibility index (Phi) is 13.9. The van der Waals surface area contributed by atoms with Crippen LogP contribution in [0.25, 0.3) is 0 Å². The molecule has 0 fully saturated rings. The maximum atomic E-state index is 14.1. The standard InChI is InChI=1S/C19H37F2NO4S/c1-4-6-8-10-12-14-16-22(17-15-13-11-9-7-5-2)18(23)19(20,21)27(24,25)26-3/h4-17H2,1-3H3. The summed E-state index contributed by atoms with van der Waals surface area (Å²) in [7, 11) is -4.61. The Morgan fingerprint density at radius 3 is 1.56 bits per heavy atom. The van der Waals surface area contributed by atoms with E-state index in [0.717, 1.165) is 69.1 Å². The van der Waals surface area contributed by atoms with Crippen molar-refractivity contribution in [1.82, 2.24) is 4.90 Å². The zero-order chi connectivity index (χ0) is 20.8. The fourth-order valence-corrected chi connectivity index (χ4v) is 3.43. The van der Waals surface area contributed by atoms with Gasteiger partial charge >= 0.3 is 21.3 Å². The van der Waals surface area contributed by atoms with Gasteiger partial charge in [-0.25, -0.2) is 0 Å². The van der Waals surface area contributed by atoms with Gasteiger partial charge in [0.2, 0.25) is 0 Å². The second-order valence-corrected chi connectivity index (χ2v) is 8.72. The molecule has 0 saturated carbocycles. The molecule has 0 aromatic heterocycles. The van der Waals surface area contributed by atoms with Gasteiger partial charge < -0.3 is 4.90 Å². The number of unbranched alkanes of at least 4 members (excludes halogenated alkanes) is 10. The van der Waals surface area contributed by atoms with Crippen LogP contribution in [0.2, 0.25) is 0 Å². The third-order valence-electron chi connectivity index (χ3n) is 4.63. The van der Waals surface area contributed by atoms with Gasteiger partial charge in [-0.2, -0.15) is 17.2 Å². The van der Waals surface area contributed by atoms with Crippen molar-refractivity contribution >= 4 is 16.0 Å². The fraction of sp³-hybridized carbons (Fsp3) is 0.947. The molecule has 0 aromatic carbocycles. The topological polar surface area (TPSA) is 63.7 Å². The average Bonchev–Trinajstić information content (AvgIpc) is 2.64. The Balaban J connectivity index is 4.72. The quantitative estimate of drug-likeness (QED) is 0.246. The van der Waals surface area contributed by atoms with Crippen LogP contribution in [0.15, 0.2) is 0 Å². The maximum absolute atomic E-state index is 14.1.